The number of hydrogen-bond acceptors (Lipinski definition) is 2. The summed E-state index contributed by atoms with van der Waals surface area (Å²) in [6.45, 7) is 1.88. The Hall–Kier alpha value is -1.42. The van der Waals surface area contributed by atoms with Crippen molar-refractivity contribution in [3.05, 3.63) is 35.6 Å². The van der Waals surface area contributed by atoms with Gasteiger partial charge >= 0.3 is 0 Å². The number of carbonyl (C=O) groups is 1. The van der Waals surface area contributed by atoms with Gasteiger partial charge in [-0.2, -0.15) is 0 Å². The van der Waals surface area contributed by atoms with Crippen LogP contribution in [0.3, 0.4) is 0 Å². The molecule has 2 rings (SSSR count). The Labute approximate surface area is 119 Å². The average Bonchev–Trinajstić information content (AvgIpc) is 2.41. The second kappa shape index (κ2) is 6.84. The first-order chi connectivity index (χ1) is 9.56. The van der Waals surface area contributed by atoms with Gasteiger partial charge in [0.25, 0.3) is 0 Å². The number of nitrogens with one attached hydrogen (secondary N) is 1. The van der Waals surface area contributed by atoms with Crippen LogP contribution >= 0.6 is 0 Å². The molecule has 4 heteroatoms. The molecule has 1 unspecified atom stereocenters. The van der Waals surface area contributed by atoms with Gasteiger partial charge in [0.2, 0.25) is 5.91 Å². The highest BCUT2D eigenvalue weighted by Gasteiger charge is 2.21. The van der Waals surface area contributed by atoms with Crippen molar-refractivity contribution in [2.45, 2.75) is 57.0 Å². The topological polar surface area (TPSA) is 55.1 Å². The fourth-order valence-electron chi connectivity index (χ4n) is 2.81. The van der Waals surface area contributed by atoms with Crippen molar-refractivity contribution in [3.63, 3.8) is 0 Å². The maximum atomic E-state index is 13.6. The molecule has 1 aromatic rings. The highest BCUT2D eigenvalue weighted by atomic mass is 19.1. The summed E-state index contributed by atoms with van der Waals surface area (Å²) in [7, 11) is 0. The maximum absolute atomic E-state index is 13.6. The fraction of sp³-hybridized carbons (Fsp3) is 0.562. The smallest absolute Gasteiger partial charge is 0.220 e. The summed E-state index contributed by atoms with van der Waals surface area (Å²) in [5, 5.41) is 3.04. The van der Waals surface area contributed by atoms with Gasteiger partial charge < -0.3 is 11.1 Å². The predicted octanol–water partition coefficient (Wildman–Crippen LogP) is 2.71. The van der Waals surface area contributed by atoms with Gasteiger partial charge in [-0.05, 0) is 43.2 Å². The Morgan fingerprint density at radius 1 is 1.35 bits per heavy atom. The van der Waals surface area contributed by atoms with Crippen LogP contribution in [-0.2, 0) is 4.79 Å². The van der Waals surface area contributed by atoms with Crippen LogP contribution < -0.4 is 11.1 Å². The lowest BCUT2D eigenvalue weighted by atomic mass is 9.91. The molecule has 3 N–H and O–H groups in total. The monoisotopic (exact) mass is 278 g/mol. The van der Waals surface area contributed by atoms with E-state index in [0.717, 1.165) is 25.7 Å². The van der Waals surface area contributed by atoms with E-state index in [1.54, 1.807) is 18.2 Å². The molecule has 1 aliphatic carbocycles. The Morgan fingerprint density at radius 2 is 2.00 bits per heavy atom. The molecular weight excluding hydrogens is 255 g/mol. The SMILES string of the molecule is CC(CC(=O)NC1CCC(N)CC1)c1ccccc1F. The zero-order chi connectivity index (χ0) is 14.5. The third-order valence-electron chi connectivity index (χ3n) is 4.06. The molecular formula is C16H23FN2O. The van der Waals surface area contributed by atoms with Crippen molar-refractivity contribution in [1.29, 1.82) is 0 Å². The fourth-order valence-corrected chi connectivity index (χ4v) is 2.81. The van der Waals surface area contributed by atoms with E-state index in [9.17, 15) is 9.18 Å². The van der Waals surface area contributed by atoms with Crippen molar-refractivity contribution in [2.75, 3.05) is 0 Å². The molecule has 1 aliphatic rings. The third-order valence-corrected chi connectivity index (χ3v) is 4.06. The zero-order valence-corrected chi connectivity index (χ0v) is 11.9. The van der Waals surface area contributed by atoms with E-state index < -0.39 is 0 Å². The highest BCUT2D eigenvalue weighted by molar-refractivity contribution is 5.77. The second-order valence-corrected chi connectivity index (χ2v) is 5.81. The lowest BCUT2D eigenvalue weighted by Crippen LogP contribution is -2.40. The molecule has 110 valence electrons. The number of nitrogens with two attached hydrogens (primary N) is 1. The number of rotatable bonds is 4. The van der Waals surface area contributed by atoms with Crippen molar-refractivity contribution >= 4 is 5.91 Å². The van der Waals surface area contributed by atoms with E-state index in [2.05, 4.69) is 5.32 Å². The van der Waals surface area contributed by atoms with Crippen LogP contribution in [0.1, 0.15) is 50.5 Å². The van der Waals surface area contributed by atoms with E-state index in [-0.39, 0.29) is 29.7 Å². The van der Waals surface area contributed by atoms with Crippen LogP contribution in [-0.4, -0.2) is 18.0 Å². The molecule has 0 heterocycles. The minimum atomic E-state index is -0.239. The molecule has 1 saturated carbocycles. The quantitative estimate of drug-likeness (QED) is 0.889. The summed E-state index contributed by atoms with van der Waals surface area (Å²) in [5.74, 6) is -0.347. The number of carbonyl (C=O) groups excluding carboxylic acids is 1. The van der Waals surface area contributed by atoms with Crippen LogP contribution in [0.5, 0.6) is 0 Å². The lowest BCUT2D eigenvalue weighted by molar-refractivity contribution is -0.122. The van der Waals surface area contributed by atoms with E-state index >= 15 is 0 Å². The van der Waals surface area contributed by atoms with Gasteiger partial charge in [0.15, 0.2) is 0 Å². The molecule has 0 saturated heterocycles. The van der Waals surface area contributed by atoms with Crippen LogP contribution in [0, 0.1) is 5.82 Å². The standard InChI is InChI=1S/C16H23FN2O/c1-11(14-4-2-3-5-15(14)17)10-16(20)19-13-8-6-12(18)7-9-13/h2-5,11-13H,6-10,18H2,1H3,(H,19,20). The van der Waals surface area contributed by atoms with Crippen LogP contribution in [0.25, 0.3) is 0 Å². The average molecular weight is 278 g/mol. The largest absolute Gasteiger partial charge is 0.353 e. The Balaban J connectivity index is 1.84. The molecule has 1 fully saturated rings. The summed E-state index contributed by atoms with van der Waals surface area (Å²) >= 11 is 0. The minimum Gasteiger partial charge on any atom is -0.353 e. The minimum absolute atomic E-state index is 0.00113. The maximum Gasteiger partial charge on any atom is 0.220 e. The summed E-state index contributed by atoms with van der Waals surface area (Å²) in [6.07, 6.45) is 4.15. The van der Waals surface area contributed by atoms with Crippen LogP contribution in [0.4, 0.5) is 4.39 Å². The Morgan fingerprint density at radius 3 is 2.65 bits per heavy atom. The van der Waals surface area contributed by atoms with Gasteiger partial charge in [0.1, 0.15) is 5.82 Å². The molecule has 20 heavy (non-hydrogen) atoms. The van der Waals surface area contributed by atoms with Crippen LogP contribution in [0.2, 0.25) is 0 Å². The van der Waals surface area contributed by atoms with E-state index in [1.807, 2.05) is 6.92 Å². The Bertz CT molecular complexity index is 456. The second-order valence-electron chi connectivity index (χ2n) is 5.81. The van der Waals surface area contributed by atoms with Crippen molar-refractivity contribution in [3.8, 4) is 0 Å². The molecule has 1 atom stereocenters. The zero-order valence-electron chi connectivity index (χ0n) is 11.9. The molecule has 1 aromatic carbocycles. The first kappa shape index (κ1) is 15.0. The summed E-state index contributed by atoms with van der Waals surface area (Å²) in [5.41, 5.74) is 6.45. The summed E-state index contributed by atoms with van der Waals surface area (Å²) in [4.78, 5) is 12.0. The van der Waals surface area contributed by atoms with E-state index in [0.29, 0.717) is 12.0 Å². The van der Waals surface area contributed by atoms with E-state index in [1.165, 1.54) is 6.07 Å². The number of hydrogen-bond donors (Lipinski definition) is 2. The van der Waals surface area contributed by atoms with Gasteiger partial charge in [-0.1, -0.05) is 25.1 Å². The van der Waals surface area contributed by atoms with Gasteiger partial charge in [-0.3, -0.25) is 4.79 Å². The van der Waals surface area contributed by atoms with Gasteiger partial charge in [-0.15, -0.1) is 0 Å². The number of halogens is 1. The van der Waals surface area contributed by atoms with Crippen LogP contribution in [0.15, 0.2) is 24.3 Å². The van der Waals surface area contributed by atoms with Gasteiger partial charge in [0.05, 0.1) is 0 Å². The molecule has 0 aromatic heterocycles. The van der Waals surface area contributed by atoms with Crippen molar-refractivity contribution in [2.24, 2.45) is 5.73 Å². The molecule has 0 aliphatic heterocycles. The molecule has 0 spiro atoms. The van der Waals surface area contributed by atoms with Gasteiger partial charge in [0, 0.05) is 18.5 Å². The lowest BCUT2D eigenvalue weighted by Gasteiger charge is -2.27. The number of benzene rings is 1. The normalized spacial score (nSPS) is 24.1. The third kappa shape index (κ3) is 4.04. The molecule has 0 bridgehead atoms. The number of amides is 1. The predicted molar refractivity (Wildman–Crippen MR) is 77.8 cm³/mol. The van der Waals surface area contributed by atoms with Crippen molar-refractivity contribution in [1.82, 2.24) is 5.32 Å². The summed E-state index contributed by atoms with van der Waals surface area (Å²) < 4.78 is 13.6. The molecule has 3 nitrogen and oxygen atoms in total. The molecule has 0 radical (unpaired) electrons. The first-order valence-corrected chi connectivity index (χ1v) is 7.35. The summed E-state index contributed by atoms with van der Waals surface area (Å²) in [6, 6.07) is 7.15. The highest BCUT2D eigenvalue weighted by Crippen LogP contribution is 2.22. The first-order valence-electron chi connectivity index (χ1n) is 7.35. The van der Waals surface area contributed by atoms with Crippen molar-refractivity contribution < 1.29 is 9.18 Å². The van der Waals surface area contributed by atoms with Gasteiger partial charge in [-0.25, -0.2) is 4.39 Å². The van der Waals surface area contributed by atoms with E-state index in [4.69, 9.17) is 5.73 Å². The molecule has 1 amide bonds. The Kier molecular flexibility index (Phi) is 5.12.